The Bertz CT molecular complexity index is 641. The van der Waals surface area contributed by atoms with Crippen LogP contribution in [0.1, 0.15) is 16.7 Å². The van der Waals surface area contributed by atoms with Crippen LogP contribution >= 0.6 is 0 Å². The summed E-state index contributed by atoms with van der Waals surface area (Å²) >= 11 is 0. The zero-order valence-electron chi connectivity index (χ0n) is 11.8. The summed E-state index contributed by atoms with van der Waals surface area (Å²) in [5, 5.41) is 11.0. The molecule has 1 heterocycles. The van der Waals surface area contributed by atoms with Crippen molar-refractivity contribution >= 4 is 11.5 Å². The number of pyridine rings is 1. The number of aromatic nitrogens is 1. The highest BCUT2D eigenvalue weighted by Crippen LogP contribution is 2.25. The summed E-state index contributed by atoms with van der Waals surface area (Å²) in [5.74, 6) is 0.387. The van der Waals surface area contributed by atoms with E-state index >= 15 is 0 Å². The second-order valence-electron chi connectivity index (χ2n) is 4.89. The van der Waals surface area contributed by atoms with Crippen LogP contribution in [0.5, 0.6) is 0 Å². The van der Waals surface area contributed by atoms with Crippen molar-refractivity contribution in [2.24, 2.45) is 0 Å². The van der Waals surface area contributed by atoms with Gasteiger partial charge in [0.15, 0.2) is 0 Å². The summed E-state index contributed by atoms with van der Waals surface area (Å²) in [4.78, 5) is 16.6. The second kappa shape index (κ2) is 5.69. The van der Waals surface area contributed by atoms with E-state index in [9.17, 15) is 10.1 Å². The molecule has 20 heavy (non-hydrogen) atoms. The van der Waals surface area contributed by atoms with Crippen molar-refractivity contribution in [1.82, 2.24) is 4.98 Å². The van der Waals surface area contributed by atoms with Crippen LogP contribution in [0.3, 0.4) is 0 Å². The molecule has 2 rings (SSSR count). The summed E-state index contributed by atoms with van der Waals surface area (Å²) in [6, 6.07) is 9.25. The number of hydrogen-bond donors (Lipinski definition) is 0. The Balaban J connectivity index is 2.28. The molecule has 0 saturated carbocycles. The normalized spacial score (nSPS) is 10.3. The topological polar surface area (TPSA) is 59.3 Å². The minimum absolute atomic E-state index is 0.0276. The molecule has 0 saturated heterocycles. The molecule has 104 valence electrons. The zero-order chi connectivity index (χ0) is 14.7. The third kappa shape index (κ3) is 2.93. The van der Waals surface area contributed by atoms with E-state index in [2.05, 4.69) is 17.1 Å². The van der Waals surface area contributed by atoms with E-state index in [-0.39, 0.29) is 5.69 Å². The third-order valence-electron chi connectivity index (χ3n) is 3.23. The van der Waals surface area contributed by atoms with Gasteiger partial charge in [-0.1, -0.05) is 23.8 Å². The van der Waals surface area contributed by atoms with Gasteiger partial charge in [-0.25, -0.2) is 4.98 Å². The predicted octanol–water partition coefficient (Wildman–Crippen LogP) is 3.24. The fourth-order valence-electron chi connectivity index (χ4n) is 2.18. The lowest BCUT2D eigenvalue weighted by Gasteiger charge is -2.19. The zero-order valence-corrected chi connectivity index (χ0v) is 11.8. The summed E-state index contributed by atoms with van der Waals surface area (Å²) in [6.07, 6.45) is 1.57. The second-order valence-corrected chi connectivity index (χ2v) is 4.89. The van der Waals surface area contributed by atoms with Crippen LogP contribution < -0.4 is 4.90 Å². The molecule has 0 unspecified atom stereocenters. The number of anilines is 1. The lowest BCUT2D eigenvalue weighted by Crippen LogP contribution is -2.19. The maximum atomic E-state index is 11.0. The molecule has 0 N–H and O–H groups in total. The summed E-state index contributed by atoms with van der Waals surface area (Å²) in [6.45, 7) is 4.68. The Kier molecular flexibility index (Phi) is 3.98. The van der Waals surface area contributed by atoms with Crippen LogP contribution in [0.4, 0.5) is 11.5 Å². The molecule has 0 amide bonds. The molecule has 1 aromatic heterocycles. The number of benzene rings is 1. The van der Waals surface area contributed by atoms with E-state index in [0.29, 0.717) is 12.4 Å². The first-order chi connectivity index (χ1) is 9.49. The SMILES string of the molecule is Cc1ccc(CN(C)c2ncccc2[N+](=O)[O-])c(C)c1. The molecule has 0 spiro atoms. The van der Waals surface area contributed by atoms with Crippen molar-refractivity contribution in [2.75, 3.05) is 11.9 Å². The summed E-state index contributed by atoms with van der Waals surface area (Å²) in [5.41, 5.74) is 3.55. The third-order valence-corrected chi connectivity index (χ3v) is 3.23. The molecular weight excluding hydrogens is 254 g/mol. The molecule has 1 aromatic carbocycles. The van der Waals surface area contributed by atoms with Gasteiger partial charge in [0, 0.05) is 25.9 Å². The molecular formula is C15H17N3O2. The highest BCUT2D eigenvalue weighted by atomic mass is 16.6. The lowest BCUT2D eigenvalue weighted by molar-refractivity contribution is -0.384. The Morgan fingerprint density at radius 2 is 2.05 bits per heavy atom. The van der Waals surface area contributed by atoms with E-state index < -0.39 is 4.92 Å². The Hall–Kier alpha value is -2.43. The van der Waals surface area contributed by atoms with Gasteiger partial charge in [-0.3, -0.25) is 10.1 Å². The summed E-state index contributed by atoms with van der Waals surface area (Å²) < 4.78 is 0. The molecule has 0 aliphatic heterocycles. The fourth-order valence-corrected chi connectivity index (χ4v) is 2.18. The maximum absolute atomic E-state index is 11.0. The standard InChI is InChI=1S/C15H17N3O2/c1-11-6-7-13(12(2)9-11)10-17(3)15-14(18(19)20)5-4-8-16-15/h4-9H,10H2,1-3H3. The molecule has 2 aromatic rings. The first kappa shape index (κ1) is 14.0. The van der Waals surface area contributed by atoms with Gasteiger partial charge >= 0.3 is 5.69 Å². The minimum atomic E-state index is -0.402. The van der Waals surface area contributed by atoms with E-state index in [1.807, 2.05) is 27.0 Å². The quantitative estimate of drug-likeness (QED) is 0.632. The fraction of sp³-hybridized carbons (Fsp3) is 0.267. The smallest absolute Gasteiger partial charge is 0.311 e. The van der Waals surface area contributed by atoms with Gasteiger partial charge in [-0.05, 0) is 31.0 Å². The Morgan fingerprint density at radius 1 is 1.30 bits per heavy atom. The molecule has 5 nitrogen and oxygen atoms in total. The van der Waals surface area contributed by atoms with Crippen LogP contribution in [0.25, 0.3) is 0 Å². The average molecular weight is 271 g/mol. The van der Waals surface area contributed by atoms with Crippen molar-refractivity contribution in [2.45, 2.75) is 20.4 Å². The van der Waals surface area contributed by atoms with Crippen LogP contribution in [0.15, 0.2) is 36.5 Å². The molecule has 0 fully saturated rings. The number of aryl methyl sites for hydroxylation is 2. The van der Waals surface area contributed by atoms with Gasteiger partial charge in [0.25, 0.3) is 0 Å². The first-order valence-corrected chi connectivity index (χ1v) is 6.35. The van der Waals surface area contributed by atoms with Crippen molar-refractivity contribution in [1.29, 1.82) is 0 Å². The van der Waals surface area contributed by atoms with E-state index in [1.165, 1.54) is 17.2 Å². The van der Waals surface area contributed by atoms with Crippen LogP contribution in [-0.4, -0.2) is 17.0 Å². The number of hydrogen-bond acceptors (Lipinski definition) is 4. The summed E-state index contributed by atoms with van der Waals surface area (Å²) in [7, 11) is 1.81. The van der Waals surface area contributed by atoms with E-state index in [4.69, 9.17) is 0 Å². The predicted molar refractivity (Wildman–Crippen MR) is 78.9 cm³/mol. The molecule has 0 aliphatic rings. The van der Waals surface area contributed by atoms with Crippen molar-refractivity contribution in [3.63, 3.8) is 0 Å². The van der Waals surface area contributed by atoms with Crippen molar-refractivity contribution in [3.05, 3.63) is 63.3 Å². The van der Waals surface area contributed by atoms with Crippen LogP contribution in [-0.2, 0) is 6.54 Å². The van der Waals surface area contributed by atoms with Gasteiger partial charge in [0.2, 0.25) is 5.82 Å². The van der Waals surface area contributed by atoms with Crippen molar-refractivity contribution < 1.29 is 4.92 Å². The molecule has 0 bridgehead atoms. The van der Waals surface area contributed by atoms with Gasteiger partial charge in [-0.2, -0.15) is 0 Å². The number of nitro groups is 1. The van der Waals surface area contributed by atoms with E-state index in [1.54, 1.807) is 17.2 Å². The number of rotatable bonds is 4. The lowest BCUT2D eigenvalue weighted by atomic mass is 10.1. The van der Waals surface area contributed by atoms with Crippen LogP contribution in [0, 0.1) is 24.0 Å². The highest BCUT2D eigenvalue weighted by Gasteiger charge is 2.18. The monoisotopic (exact) mass is 271 g/mol. The Morgan fingerprint density at radius 3 is 2.70 bits per heavy atom. The van der Waals surface area contributed by atoms with Gasteiger partial charge < -0.3 is 4.90 Å². The molecule has 5 heteroatoms. The average Bonchev–Trinajstić information content (AvgIpc) is 2.41. The molecule has 0 aliphatic carbocycles. The Labute approximate surface area is 118 Å². The molecule has 0 radical (unpaired) electrons. The van der Waals surface area contributed by atoms with Crippen LogP contribution in [0.2, 0.25) is 0 Å². The number of nitrogens with zero attached hydrogens (tertiary/aromatic N) is 3. The minimum Gasteiger partial charge on any atom is -0.350 e. The largest absolute Gasteiger partial charge is 0.350 e. The molecule has 0 atom stereocenters. The van der Waals surface area contributed by atoms with Crippen molar-refractivity contribution in [3.8, 4) is 0 Å². The van der Waals surface area contributed by atoms with Gasteiger partial charge in [0.1, 0.15) is 0 Å². The first-order valence-electron chi connectivity index (χ1n) is 6.35. The van der Waals surface area contributed by atoms with E-state index in [0.717, 1.165) is 5.56 Å². The highest BCUT2D eigenvalue weighted by molar-refractivity contribution is 5.57. The van der Waals surface area contributed by atoms with Gasteiger partial charge in [0.05, 0.1) is 4.92 Å². The van der Waals surface area contributed by atoms with Gasteiger partial charge in [-0.15, -0.1) is 0 Å². The maximum Gasteiger partial charge on any atom is 0.311 e.